The van der Waals surface area contributed by atoms with Gasteiger partial charge in [-0.2, -0.15) is 0 Å². The van der Waals surface area contributed by atoms with Crippen molar-refractivity contribution in [1.29, 1.82) is 0 Å². The van der Waals surface area contributed by atoms with Crippen molar-refractivity contribution >= 4 is 29.3 Å². The molecule has 0 aromatic carbocycles. The van der Waals surface area contributed by atoms with Crippen LogP contribution in [0.5, 0.6) is 0 Å². The Morgan fingerprint density at radius 2 is 1.21 bits per heavy atom. The topological polar surface area (TPSA) is 212 Å². The molecule has 10 nitrogen and oxygen atoms in total. The molecule has 0 spiro atoms. The van der Waals surface area contributed by atoms with Crippen LogP contribution in [0.4, 0.5) is 0 Å². The van der Waals surface area contributed by atoms with Gasteiger partial charge < -0.3 is 17.8 Å². The Balaban J connectivity index is -0.000000167. The molecule has 0 radical (unpaired) electrons. The van der Waals surface area contributed by atoms with Crippen LogP contribution < -0.4 is 22.3 Å². The summed E-state index contributed by atoms with van der Waals surface area (Å²) in [6.07, 6.45) is 0. The molecule has 0 aromatic rings. The van der Waals surface area contributed by atoms with Gasteiger partial charge in [0, 0.05) is 0 Å². The fraction of sp³-hybridized carbons (Fsp3) is 0. The zero-order valence-electron chi connectivity index (χ0n) is 7.67. The number of quaternary nitrogens is 2. The van der Waals surface area contributed by atoms with Gasteiger partial charge in [-0.25, -0.2) is 0 Å². The average Bonchev–Trinajstić information content (AvgIpc) is 1.87. The normalized spacial score (nSPS) is 5.86. The molecular weight excluding hydrogens is 199 g/mol. The van der Waals surface area contributed by atoms with E-state index in [1.165, 1.54) is 0 Å². The summed E-state index contributed by atoms with van der Waals surface area (Å²) in [6.45, 7) is 0. The van der Waals surface area contributed by atoms with E-state index in [4.69, 9.17) is 0 Å². The first-order valence-corrected chi connectivity index (χ1v) is 2.36. The van der Waals surface area contributed by atoms with Crippen molar-refractivity contribution in [1.82, 2.24) is 12.3 Å². The molecule has 0 aliphatic rings. The molecular formula is H10B4N2O8. The maximum absolute atomic E-state index is 10.1. The maximum Gasteiger partial charge on any atom is -0.369 e. The third kappa shape index (κ3) is 13.8. The van der Waals surface area contributed by atoms with E-state index in [1.54, 1.807) is 0 Å². The molecule has 0 rings (SSSR count). The van der Waals surface area contributed by atoms with Gasteiger partial charge in [-0.15, -0.1) is 0 Å². The van der Waals surface area contributed by atoms with E-state index in [9.17, 15) is 19.5 Å². The van der Waals surface area contributed by atoms with E-state index >= 15 is 0 Å². The van der Waals surface area contributed by atoms with Gasteiger partial charge in [0.1, 0.15) is 0 Å². The standard InChI is InChI=1S/B4O7.2H3N.H2O/c5-1-9-3(7)11-4(8)10-2-6;;;/h;2*1H3;1H2/q-2;;;/p+2. The average molecular weight is 209 g/mol. The first-order chi connectivity index (χ1) is 5.20. The molecule has 0 aliphatic carbocycles. The van der Waals surface area contributed by atoms with Crippen LogP contribution in [0.25, 0.3) is 0 Å². The Morgan fingerprint density at radius 3 is 1.43 bits per heavy atom. The predicted molar refractivity (Wildman–Crippen MR) is 43.2 cm³/mol. The molecule has 0 saturated carbocycles. The largest absolute Gasteiger partial charge is 0.369 e. The van der Waals surface area contributed by atoms with Gasteiger partial charge in [-0.3, -0.25) is 0 Å². The second-order valence-electron chi connectivity index (χ2n) is 1.18. The maximum atomic E-state index is 10.1. The van der Waals surface area contributed by atoms with Gasteiger partial charge in [0.2, 0.25) is 0 Å². The van der Waals surface area contributed by atoms with E-state index in [-0.39, 0.29) is 32.5 Å². The summed E-state index contributed by atoms with van der Waals surface area (Å²) >= 11 is 0. The Labute approximate surface area is 81.3 Å². The van der Waals surface area contributed by atoms with Crippen molar-refractivity contribution in [2.24, 2.45) is 0 Å². The first kappa shape index (κ1) is 23.2. The molecule has 10 N–H and O–H groups in total. The Morgan fingerprint density at radius 1 is 0.929 bits per heavy atom. The van der Waals surface area contributed by atoms with Crippen LogP contribution in [0, 0.1) is 0 Å². The fourth-order valence-electron chi connectivity index (χ4n) is 0.246. The molecule has 0 unspecified atom stereocenters. The predicted octanol–water partition coefficient (Wildman–Crippen LogP) is -4.42. The second kappa shape index (κ2) is 14.7. The van der Waals surface area contributed by atoms with Crippen molar-refractivity contribution in [3.05, 3.63) is 0 Å². The van der Waals surface area contributed by atoms with Crippen LogP contribution in [-0.2, 0) is 23.1 Å². The van der Waals surface area contributed by atoms with Crippen LogP contribution in [-0.4, -0.2) is 34.8 Å². The van der Waals surface area contributed by atoms with Crippen molar-refractivity contribution < 1.29 is 38.6 Å². The number of rotatable bonds is 6. The Bertz CT molecular complexity index is 119. The molecule has 0 bridgehead atoms. The quantitative estimate of drug-likeness (QED) is 0.409. The smallest absolute Gasteiger partial charge is 0.369 e. The molecule has 0 fully saturated rings. The van der Waals surface area contributed by atoms with Gasteiger partial charge in [-0.05, 0) is 0 Å². The molecule has 0 aliphatic heterocycles. The third-order valence-corrected chi connectivity index (χ3v) is 0.556. The summed E-state index contributed by atoms with van der Waals surface area (Å²) in [6, 6.07) is 0. The van der Waals surface area contributed by atoms with Crippen LogP contribution >= 0.6 is 0 Å². The van der Waals surface area contributed by atoms with Crippen molar-refractivity contribution in [3.63, 3.8) is 0 Å². The zero-order valence-corrected chi connectivity index (χ0v) is 7.67. The third-order valence-electron chi connectivity index (χ3n) is 0.556. The summed E-state index contributed by atoms with van der Waals surface area (Å²) in [4.78, 5) is 0. The van der Waals surface area contributed by atoms with E-state index in [0.717, 1.165) is 0 Å². The zero-order chi connectivity index (χ0) is 8.69. The molecule has 0 atom stereocenters. The van der Waals surface area contributed by atoms with Gasteiger partial charge in [0.25, 0.3) is 0 Å². The van der Waals surface area contributed by atoms with E-state index in [2.05, 4.69) is 13.7 Å². The Kier molecular flexibility index (Phi) is 24.4. The van der Waals surface area contributed by atoms with E-state index < -0.39 is 14.6 Å². The van der Waals surface area contributed by atoms with E-state index in [0.29, 0.717) is 0 Å². The Hall–Kier alpha value is -0.780. The number of hydrogen-bond acceptors (Lipinski definition) is 7. The van der Waals surface area contributed by atoms with Crippen LogP contribution in [0.15, 0.2) is 0 Å². The van der Waals surface area contributed by atoms with Gasteiger partial charge in [-0.1, -0.05) is 0 Å². The summed E-state index contributed by atoms with van der Waals surface area (Å²) < 4.78 is 29.8. The molecule has 0 saturated heterocycles. The van der Waals surface area contributed by atoms with Crippen LogP contribution in [0.1, 0.15) is 0 Å². The minimum Gasteiger partial charge on any atom is -0.369 e. The summed E-state index contributed by atoms with van der Waals surface area (Å²) in [5.74, 6) is 0. The number of hydrogen-bond donors (Lipinski definition) is 2. The summed E-state index contributed by atoms with van der Waals surface area (Å²) in [5.41, 5.74) is 0. The van der Waals surface area contributed by atoms with Crippen molar-refractivity contribution in [2.75, 3.05) is 0 Å². The molecule has 14 heavy (non-hydrogen) atoms. The van der Waals surface area contributed by atoms with Crippen molar-refractivity contribution in [2.45, 2.75) is 0 Å². The molecule has 14 heteroatoms. The van der Waals surface area contributed by atoms with Crippen molar-refractivity contribution in [3.8, 4) is 0 Å². The molecule has 0 heterocycles. The van der Waals surface area contributed by atoms with Crippen LogP contribution in [0.2, 0.25) is 0 Å². The SMILES string of the molecule is O.O=BOB([O-])OB([O-])OB=O.[NH4+].[NH4+]. The molecule has 0 amide bonds. The monoisotopic (exact) mass is 210 g/mol. The minimum absolute atomic E-state index is 0. The fourth-order valence-corrected chi connectivity index (χ4v) is 0.246. The second-order valence-corrected chi connectivity index (χ2v) is 1.18. The summed E-state index contributed by atoms with van der Waals surface area (Å²) in [7, 11) is -4.92. The van der Waals surface area contributed by atoms with E-state index in [1.807, 2.05) is 0 Å². The molecule has 80 valence electrons. The van der Waals surface area contributed by atoms with Gasteiger partial charge >= 0.3 is 62.5 Å². The van der Waals surface area contributed by atoms with Gasteiger partial charge in [0.05, 0.1) is 0 Å². The molecule has 0 aromatic heterocycles. The summed E-state index contributed by atoms with van der Waals surface area (Å²) in [5, 5.41) is 20.3. The van der Waals surface area contributed by atoms with Gasteiger partial charge in [0.15, 0.2) is 0 Å². The van der Waals surface area contributed by atoms with Crippen LogP contribution in [0.3, 0.4) is 0 Å². The minimum atomic E-state index is -2.27. The first-order valence-electron chi connectivity index (χ1n) is 2.36.